The molecule has 2 rings (SSSR count). The molecule has 0 radical (unpaired) electrons. The van der Waals surface area contributed by atoms with Gasteiger partial charge in [0.1, 0.15) is 0 Å². The minimum Gasteiger partial charge on any atom is -0.380 e. The normalized spacial score (nSPS) is 26.1. The van der Waals surface area contributed by atoms with Crippen LogP contribution in [-0.4, -0.2) is 50.8 Å². The average molecular weight is 240 g/mol. The molecule has 0 bridgehead atoms. The van der Waals surface area contributed by atoms with Crippen molar-refractivity contribution in [2.75, 3.05) is 39.9 Å². The first kappa shape index (κ1) is 13.3. The summed E-state index contributed by atoms with van der Waals surface area (Å²) in [5.74, 6) is 0.892. The molecular formula is C14H28N2O. The molecular weight excluding hydrogens is 212 g/mol. The van der Waals surface area contributed by atoms with Crippen LogP contribution in [-0.2, 0) is 4.74 Å². The second kappa shape index (κ2) is 7.34. The van der Waals surface area contributed by atoms with Gasteiger partial charge in [-0.05, 0) is 45.2 Å². The Morgan fingerprint density at radius 3 is 2.88 bits per heavy atom. The lowest BCUT2D eigenvalue weighted by molar-refractivity contribution is 0.101. The monoisotopic (exact) mass is 240 g/mol. The van der Waals surface area contributed by atoms with Crippen molar-refractivity contribution in [2.24, 2.45) is 5.92 Å². The van der Waals surface area contributed by atoms with Gasteiger partial charge in [-0.15, -0.1) is 0 Å². The van der Waals surface area contributed by atoms with Crippen molar-refractivity contribution in [1.29, 1.82) is 0 Å². The summed E-state index contributed by atoms with van der Waals surface area (Å²) in [6.45, 7) is 5.35. The van der Waals surface area contributed by atoms with Crippen LogP contribution < -0.4 is 5.32 Å². The molecule has 17 heavy (non-hydrogen) atoms. The van der Waals surface area contributed by atoms with Crippen LogP contribution in [0.2, 0.25) is 0 Å². The van der Waals surface area contributed by atoms with E-state index in [1.54, 1.807) is 0 Å². The Balaban J connectivity index is 1.50. The van der Waals surface area contributed by atoms with Crippen molar-refractivity contribution in [2.45, 2.75) is 44.6 Å². The first-order chi connectivity index (χ1) is 8.34. The highest BCUT2D eigenvalue weighted by atomic mass is 16.5. The molecule has 1 atom stereocenters. The van der Waals surface area contributed by atoms with Crippen LogP contribution in [0.15, 0.2) is 0 Å². The molecule has 2 fully saturated rings. The quantitative estimate of drug-likeness (QED) is 0.688. The average Bonchev–Trinajstić information content (AvgIpc) is 3.12. The molecule has 1 saturated heterocycles. The van der Waals surface area contributed by atoms with Gasteiger partial charge in [0, 0.05) is 25.7 Å². The first-order valence-electron chi connectivity index (χ1n) is 7.34. The highest BCUT2D eigenvalue weighted by Gasteiger charge is 2.21. The fourth-order valence-corrected chi connectivity index (χ4v) is 2.48. The van der Waals surface area contributed by atoms with E-state index in [1.165, 1.54) is 51.6 Å². The van der Waals surface area contributed by atoms with E-state index in [4.69, 9.17) is 4.74 Å². The van der Waals surface area contributed by atoms with Crippen LogP contribution in [0.3, 0.4) is 0 Å². The zero-order valence-corrected chi connectivity index (χ0v) is 11.3. The van der Waals surface area contributed by atoms with Crippen molar-refractivity contribution in [1.82, 2.24) is 10.2 Å². The lowest BCUT2D eigenvalue weighted by Gasteiger charge is -2.23. The van der Waals surface area contributed by atoms with Crippen LogP contribution in [0.1, 0.15) is 38.5 Å². The Morgan fingerprint density at radius 1 is 1.18 bits per heavy atom. The van der Waals surface area contributed by atoms with Crippen LogP contribution >= 0.6 is 0 Å². The molecule has 0 spiro atoms. The minimum atomic E-state index is 0.700. The molecule has 3 heteroatoms. The number of likely N-dealkylation sites (N-methyl/N-ethyl adjacent to an activating group) is 1. The molecule has 0 amide bonds. The summed E-state index contributed by atoms with van der Waals surface area (Å²) in [6, 6.07) is 0.700. The van der Waals surface area contributed by atoms with Crippen molar-refractivity contribution in [3.63, 3.8) is 0 Å². The third kappa shape index (κ3) is 5.84. The molecule has 1 aliphatic heterocycles. The Hall–Kier alpha value is -0.120. The zero-order chi connectivity index (χ0) is 11.9. The fraction of sp³-hybridized carbons (Fsp3) is 1.00. The smallest absolute Gasteiger partial charge is 0.0593 e. The van der Waals surface area contributed by atoms with Gasteiger partial charge in [-0.25, -0.2) is 0 Å². The summed E-state index contributed by atoms with van der Waals surface area (Å²) in [7, 11) is 2.22. The third-order valence-electron chi connectivity index (χ3n) is 3.86. The Morgan fingerprint density at radius 2 is 2.06 bits per heavy atom. The largest absolute Gasteiger partial charge is 0.380 e. The number of hydrogen-bond acceptors (Lipinski definition) is 3. The van der Waals surface area contributed by atoms with Crippen LogP contribution in [0.25, 0.3) is 0 Å². The first-order valence-corrected chi connectivity index (χ1v) is 7.34. The van der Waals surface area contributed by atoms with E-state index >= 15 is 0 Å². The van der Waals surface area contributed by atoms with Gasteiger partial charge < -0.3 is 15.0 Å². The van der Waals surface area contributed by atoms with Gasteiger partial charge in [0.2, 0.25) is 0 Å². The lowest BCUT2D eigenvalue weighted by atomic mass is 10.1. The molecule has 1 heterocycles. The van der Waals surface area contributed by atoms with E-state index in [-0.39, 0.29) is 0 Å². The molecule has 1 N–H and O–H groups in total. The van der Waals surface area contributed by atoms with Crippen LogP contribution in [0.4, 0.5) is 0 Å². The lowest BCUT2D eigenvalue weighted by Crippen LogP contribution is -2.40. The summed E-state index contributed by atoms with van der Waals surface area (Å²) in [6.07, 6.45) is 8.27. The molecule has 3 nitrogen and oxygen atoms in total. The van der Waals surface area contributed by atoms with Gasteiger partial charge in [-0.3, -0.25) is 0 Å². The maximum absolute atomic E-state index is 5.68. The fourth-order valence-electron chi connectivity index (χ4n) is 2.48. The molecule has 1 unspecified atom stereocenters. The van der Waals surface area contributed by atoms with Gasteiger partial charge in [0.15, 0.2) is 0 Å². The predicted molar refractivity (Wildman–Crippen MR) is 71.3 cm³/mol. The Labute approximate surface area is 106 Å². The van der Waals surface area contributed by atoms with Crippen LogP contribution in [0.5, 0.6) is 0 Å². The molecule has 1 aliphatic carbocycles. The van der Waals surface area contributed by atoms with Gasteiger partial charge in [0.05, 0.1) is 6.61 Å². The van der Waals surface area contributed by atoms with E-state index in [0.717, 1.165) is 25.7 Å². The molecule has 100 valence electrons. The summed E-state index contributed by atoms with van der Waals surface area (Å²) in [5.41, 5.74) is 0. The van der Waals surface area contributed by atoms with E-state index in [0.29, 0.717) is 6.04 Å². The van der Waals surface area contributed by atoms with E-state index in [9.17, 15) is 0 Å². The van der Waals surface area contributed by atoms with Gasteiger partial charge >= 0.3 is 0 Å². The maximum Gasteiger partial charge on any atom is 0.0593 e. The minimum absolute atomic E-state index is 0.700. The van der Waals surface area contributed by atoms with Gasteiger partial charge in [-0.2, -0.15) is 0 Å². The number of hydrogen-bond donors (Lipinski definition) is 1. The van der Waals surface area contributed by atoms with Crippen molar-refractivity contribution < 1.29 is 4.74 Å². The Kier molecular flexibility index (Phi) is 5.75. The second-order valence-corrected chi connectivity index (χ2v) is 5.78. The number of nitrogens with one attached hydrogen (secondary N) is 1. The molecule has 0 aromatic rings. The van der Waals surface area contributed by atoms with E-state index in [1.807, 2.05) is 0 Å². The predicted octanol–water partition coefficient (Wildman–Crippen LogP) is 1.88. The van der Waals surface area contributed by atoms with E-state index < -0.39 is 0 Å². The number of nitrogens with zero attached hydrogens (tertiary/aromatic N) is 1. The molecule has 0 aromatic heterocycles. The highest BCUT2D eigenvalue weighted by molar-refractivity contribution is 4.74. The summed E-state index contributed by atoms with van der Waals surface area (Å²) in [4.78, 5) is 2.41. The number of ether oxygens (including phenoxy) is 1. The summed E-state index contributed by atoms with van der Waals surface area (Å²) < 4.78 is 5.68. The van der Waals surface area contributed by atoms with Crippen molar-refractivity contribution in [3.05, 3.63) is 0 Å². The third-order valence-corrected chi connectivity index (χ3v) is 3.86. The molecule has 2 aliphatic rings. The number of rotatable bonds is 7. The Bertz CT molecular complexity index is 198. The maximum atomic E-state index is 5.68. The second-order valence-electron chi connectivity index (χ2n) is 5.78. The zero-order valence-electron chi connectivity index (χ0n) is 11.3. The highest BCUT2D eigenvalue weighted by Crippen LogP contribution is 2.28. The van der Waals surface area contributed by atoms with Crippen molar-refractivity contribution in [3.8, 4) is 0 Å². The van der Waals surface area contributed by atoms with Gasteiger partial charge in [-0.1, -0.05) is 12.8 Å². The molecule has 1 saturated carbocycles. The topological polar surface area (TPSA) is 24.5 Å². The van der Waals surface area contributed by atoms with E-state index in [2.05, 4.69) is 17.3 Å². The summed E-state index contributed by atoms with van der Waals surface area (Å²) in [5, 5.41) is 3.65. The van der Waals surface area contributed by atoms with Gasteiger partial charge in [0.25, 0.3) is 0 Å². The van der Waals surface area contributed by atoms with Crippen LogP contribution in [0, 0.1) is 5.92 Å². The standard InChI is InChI=1S/C14H28N2O/c1-16(9-10-17-12-13-6-7-13)11-14-5-3-2-4-8-15-14/h13-15H,2-12H2,1H3. The molecule has 0 aromatic carbocycles. The van der Waals surface area contributed by atoms with Crippen molar-refractivity contribution >= 4 is 0 Å². The summed E-state index contributed by atoms with van der Waals surface area (Å²) >= 11 is 0. The SMILES string of the molecule is CN(CCOCC1CC1)CC1CCCCCN1.